The first kappa shape index (κ1) is 15.3. The molecule has 0 aliphatic carbocycles. The van der Waals surface area contributed by atoms with Crippen LogP contribution in [0.1, 0.15) is 34.7 Å². The van der Waals surface area contributed by atoms with Crippen LogP contribution in [0.4, 0.5) is 0 Å². The molecule has 0 aliphatic heterocycles. The molecule has 0 heterocycles. The molecule has 21 heavy (non-hydrogen) atoms. The van der Waals surface area contributed by atoms with E-state index in [1.807, 2.05) is 25.1 Å². The summed E-state index contributed by atoms with van der Waals surface area (Å²) >= 11 is 0. The molecule has 3 heteroatoms. The van der Waals surface area contributed by atoms with E-state index in [9.17, 15) is 4.79 Å². The molecule has 0 bridgehead atoms. The van der Waals surface area contributed by atoms with Gasteiger partial charge in [0.1, 0.15) is 0 Å². The van der Waals surface area contributed by atoms with Gasteiger partial charge in [-0.25, -0.2) is 0 Å². The molecule has 2 aromatic rings. The van der Waals surface area contributed by atoms with Gasteiger partial charge in [0.2, 0.25) is 0 Å². The highest BCUT2D eigenvalue weighted by Gasteiger charge is 2.13. The molecule has 1 atom stereocenters. The Bertz CT molecular complexity index is 657. The van der Waals surface area contributed by atoms with Gasteiger partial charge in [-0.05, 0) is 54.7 Å². The topological polar surface area (TPSA) is 63.3 Å². The van der Waals surface area contributed by atoms with E-state index in [0.717, 1.165) is 16.7 Å². The van der Waals surface area contributed by atoms with E-state index in [1.165, 1.54) is 16.7 Å². The van der Waals surface area contributed by atoms with Crippen molar-refractivity contribution in [1.29, 1.82) is 0 Å². The van der Waals surface area contributed by atoms with Gasteiger partial charge < -0.3 is 10.8 Å². The largest absolute Gasteiger partial charge is 0.481 e. The minimum Gasteiger partial charge on any atom is -0.481 e. The number of rotatable bonds is 4. The number of aryl methyl sites for hydroxylation is 3. The average molecular weight is 283 g/mol. The van der Waals surface area contributed by atoms with Crippen molar-refractivity contribution in [3.8, 4) is 11.1 Å². The second kappa shape index (κ2) is 6.10. The van der Waals surface area contributed by atoms with Crippen LogP contribution in [0.25, 0.3) is 11.1 Å². The van der Waals surface area contributed by atoms with Gasteiger partial charge in [0.25, 0.3) is 0 Å². The molecule has 2 aromatic carbocycles. The molecule has 110 valence electrons. The highest BCUT2D eigenvalue weighted by Crippen LogP contribution is 2.30. The zero-order valence-corrected chi connectivity index (χ0v) is 12.7. The Hall–Kier alpha value is -2.13. The van der Waals surface area contributed by atoms with Crippen molar-refractivity contribution in [2.24, 2.45) is 5.73 Å². The number of benzene rings is 2. The van der Waals surface area contributed by atoms with Crippen molar-refractivity contribution in [2.45, 2.75) is 33.2 Å². The first-order valence-electron chi connectivity index (χ1n) is 7.04. The van der Waals surface area contributed by atoms with Crippen LogP contribution in [-0.4, -0.2) is 11.1 Å². The van der Waals surface area contributed by atoms with Crippen molar-refractivity contribution in [2.75, 3.05) is 0 Å². The quantitative estimate of drug-likeness (QED) is 0.898. The van der Waals surface area contributed by atoms with Crippen LogP contribution in [0.5, 0.6) is 0 Å². The molecule has 0 spiro atoms. The number of nitrogens with two attached hydrogens (primary N) is 1. The summed E-state index contributed by atoms with van der Waals surface area (Å²) in [5.41, 5.74) is 12.7. The van der Waals surface area contributed by atoms with E-state index in [0.29, 0.717) is 0 Å². The maximum atomic E-state index is 10.9. The third kappa shape index (κ3) is 3.50. The molecular weight excluding hydrogens is 262 g/mol. The lowest BCUT2D eigenvalue weighted by molar-refractivity contribution is -0.137. The van der Waals surface area contributed by atoms with Crippen LogP contribution in [0.2, 0.25) is 0 Å². The van der Waals surface area contributed by atoms with E-state index >= 15 is 0 Å². The monoisotopic (exact) mass is 283 g/mol. The molecule has 0 aliphatic rings. The lowest BCUT2D eigenvalue weighted by Gasteiger charge is -2.15. The smallest absolute Gasteiger partial charge is 0.305 e. The van der Waals surface area contributed by atoms with Gasteiger partial charge in [-0.1, -0.05) is 35.9 Å². The van der Waals surface area contributed by atoms with E-state index in [1.54, 1.807) is 0 Å². The summed E-state index contributed by atoms with van der Waals surface area (Å²) in [4.78, 5) is 10.9. The summed E-state index contributed by atoms with van der Waals surface area (Å²) in [7, 11) is 0. The molecule has 3 nitrogen and oxygen atoms in total. The van der Waals surface area contributed by atoms with Crippen LogP contribution in [0, 0.1) is 20.8 Å². The fraction of sp³-hybridized carbons (Fsp3) is 0.278. The van der Waals surface area contributed by atoms with Crippen molar-refractivity contribution < 1.29 is 9.90 Å². The van der Waals surface area contributed by atoms with E-state index < -0.39 is 12.0 Å². The number of aliphatic carboxylic acids is 1. The number of hydrogen-bond donors (Lipinski definition) is 2. The minimum atomic E-state index is -0.877. The molecule has 0 radical (unpaired) electrons. The highest BCUT2D eigenvalue weighted by molar-refractivity contribution is 5.73. The Kier molecular flexibility index (Phi) is 4.43. The predicted octanol–water partition coefficient (Wildman–Crippen LogP) is 3.75. The summed E-state index contributed by atoms with van der Waals surface area (Å²) < 4.78 is 0. The first-order valence-corrected chi connectivity index (χ1v) is 7.04. The fourth-order valence-corrected chi connectivity index (χ4v) is 2.75. The summed E-state index contributed by atoms with van der Waals surface area (Å²) in [5.74, 6) is -0.877. The second-order valence-corrected chi connectivity index (χ2v) is 5.60. The number of carboxylic acid groups (broad SMARTS) is 1. The standard InChI is InChI=1S/C18H21NO2/c1-11-7-14(16(19)10-17(20)21)9-15(8-11)18-12(2)5-4-6-13(18)3/h4-9,16H,10,19H2,1-3H3,(H,20,21)/t16-/m0/s1. The fourth-order valence-electron chi connectivity index (χ4n) is 2.75. The van der Waals surface area contributed by atoms with E-state index in [2.05, 4.69) is 32.0 Å². The first-order chi connectivity index (χ1) is 9.88. The van der Waals surface area contributed by atoms with Gasteiger partial charge in [0, 0.05) is 6.04 Å². The zero-order chi connectivity index (χ0) is 15.6. The second-order valence-electron chi connectivity index (χ2n) is 5.60. The van der Waals surface area contributed by atoms with Crippen molar-refractivity contribution in [3.63, 3.8) is 0 Å². The van der Waals surface area contributed by atoms with Crippen molar-refractivity contribution in [1.82, 2.24) is 0 Å². The van der Waals surface area contributed by atoms with Gasteiger partial charge in [0.05, 0.1) is 6.42 Å². The lowest BCUT2D eigenvalue weighted by atomic mass is 9.91. The Morgan fingerprint density at radius 3 is 2.33 bits per heavy atom. The molecule has 0 amide bonds. The number of carboxylic acids is 1. The van der Waals surface area contributed by atoms with Crippen LogP contribution in [0.3, 0.4) is 0 Å². The summed E-state index contributed by atoms with van der Waals surface area (Å²) in [6.45, 7) is 6.18. The lowest BCUT2D eigenvalue weighted by Crippen LogP contribution is -2.15. The summed E-state index contributed by atoms with van der Waals surface area (Å²) in [6.07, 6.45) is -0.0599. The minimum absolute atomic E-state index is 0.0599. The molecular formula is C18H21NO2. The SMILES string of the molecule is Cc1cc(-c2c(C)cccc2C)cc([C@@H](N)CC(=O)O)c1. The van der Waals surface area contributed by atoms with E-state index in [-0.39, 0.29) is 6.42 Å². The predicted molar refractivity (Wildman–Crippen MR) is 85.3 cm³/mol. The van der Waals surface area contributed by atoms with Gasteiger partial charge in [-0.15, -0.1) is 0 Å². The Balaban J connectivity index is 2.51. The Morgan fingerprint density at radius 1 is 1.14 bits per heavy atom. The third-order valence-corrected chi connectivity index (χ3v) is 3.69. The zero-order valence-electron chi connectivity index (χ0n) is 12.7. The molecule has 0 saturated heterocycles. The molecule has 0 fully saturated rings. The highest BCUT2D eigenvalue weighted by atomic mass is 16.4. The molecule has 2 rings (SSSR count). The molecule has 0 aromatic heterocycles. The number of hydrogen-bond acceptors (Lipinski definition) is 2. The van der Waals surface area contributed by atoms with Gasteiger partial charge in [-0.3, -0.25) is 4.79 Å². The summed E-state index contributed by atoms with van der Waals surface area (Å²) in [6, 6.07) is 11.8. The van der Waals surface area contributed by atoms with Crippen LogP contribution in [-0.2, 0) is 4.79 Å². The van der Waals surface area contributed by atoms with Crippen molar-refractivity contribution in [3.05, 3.63) is 58.7 Å². The van der Waals surface area contributed by atoms with Gasteiger partial charge >= 0.3 is 5.97 Å². The normalized spacial score (nSPS) is 12.2. The molecule has 3 N–H and O–H groups in total. The van der Waals surface area contributed by atoms with Crippen molar-refractivity contribution >= 4 is 5.97 Å². The van der Waals surface area contributed by atoms with Gasteiger partial charge in [0.15, 0.2) is 0 Å². The Labute approximate surface area is 125 Å². The molecule has 0 saturated carbocycles. The third-order valence-electron chi connectivity index (χ3n) is 3.69. The maximum absolute atomic E-state index is 10.9. The van der Waals surface area contributed by atoms with Crippen LogP contribution in [0.15, 0.2) is 36.4 Å². The van der Waals surface area contributed by atoms with Gasteiger partial charge in [-0.2, -0.15) is 0 Å². The maximum Gasteiger partial charge on any atom is 0.305 e. The number of carbonyl (C=O) groups is 1. The summed E-state index contributed by atoms with van der Waals surface area (Å²) in [5, 5.41) is 8.91. The van der Waals surface area contributed by atoms with E-state index in [4.69, 9.17) is 10.8 Å². The Morgan fingerprint density at radius 2 is 1.76 bits per heavy atom. The molecule has 0 unspecified atom stereocenters. The van der Waals surface area contributed by atoms with Crippen LogP contribution >= 0.6 is 0 Å². The van der Waals surface area contributed by atoms with Crippen LogP contribution < -0.4 is 5.73 Å². The average Bonchev–Trinajstić information content (AvgIpc) is 2.37.